The second kappa shape index (κ2) is 6.11. The standard InChI is InChI=1S/C14H15NO3S2/c1-3-10-18-13-8-6-12(7-9-13)15(2)20(16,17)14-5-4-11-19-14/h3-9,11H,1,10H2,2H3. The Morgan fingerprint density at radius 3 is 2.55 bits per heavy atom. The molecule has 0 spiro atoms. The summed E-state index contributed by atoms with van der Waals surface area (Å²) in [6.45, 7) is 3.99. The Kier molecular flexibility index (Phi) is 4.46. The fraction of sp³-hybridized carbons (Fsp3) is 0.143. The van der Waals surface area contributed by atoms with Gasteiger partial charge in [0, 0.05) is 7.05 Å². The highest BCUT2D eigenvalue weighted by atomic mass is 32.2. The zero-order valence-corrected chi connectivity index (χ0v) is 12.7. The van der Waals surface area contributed by atoms with Crippen LogP contribution in [-0.2, 0) is 10.0 Å². The van der Waals surface area contributed by atoms with Crippen molar-refractivity contribution in [2.75, 3.05) is 18.0 Å². The van der Waals surface area contributed by atoms with Crippen molar-refractivity contribution in [2.45, 2.75) is 4.21 Å². The quantitative estimate of drug-likeness (QED) is 0.770. The van der Waals surface area contributed by atoms with Crippen molar-refractivity contribution in [3.63, 3.8) is 0 Å². The molecule has 1 aromatic heterocycles. The minimum Gasteiger partial charge on any atom is -0.490 e. The van der Waals surface area contributed by atoms with Crippen LogP contribution in [0.5, 0.6) is 5.75 Å². The maximum Gasteiger partial charge on any atom is 0.273 e. The van der Waals surface area contributed by atoms with Crippen LogP contribution in [0.3, 0.4) is 0 Å². The number of hydrogen-bond donors (Lipinski definition) is 0. The van der Waals surface area contributed by atoms with Gasteiger partial charge in [-0.25, -0.2) is 8.42 Å². The molecular weight excluding hydrogens is 294 g/mol. The number of rotatable bonds is 6. The van der Waals surface area contributed by atoms with Crippen LogP contribution in [0.15, 0.2) is 58.6 Å². The molecule has 4 nitrogen and oxygen atoms in total. The van der Waals surface area contributed by atoms with Crippen LogP contribution >= 0.6 is 11.3 Å². The second-order valence-electron chi connectivity index (χ2n) is 4.00. The van der Waals surface area contributed by atoms with Crippen molar-refractivity contribution in [3.8, 4) is 5.75 Å². The highest BCUT2D eigenvalue weighted by Crippen LogP contribution is 2.26. The van der Waals surface area contributed by atoms with Crippen molar-refractivity contribution < 1.29 is 13.2 Å². The average Bonchev–Trinajstić information content (AvgIpc) is 3.00. The molecule has 2 rings (SSSR count). The predicted octanol–water partition coefficient (Wildman–Crippen LogP) is 3.14. The van der Waals surface area contributed by atoms with Crippen molar-refractivity contribution in [2.24, 2.45) is 0 Å². The van der Waals surface area contributed by atoms with Gasteiger partial charge in [-0.3, -0.25) is 4.31 Å². The minimum absolute atomic E-state index is 0.326. The Morgan fingerprint density at radius 2 is 2.00 bits per heavy atom. The summed E-state index contributed by atoms with van der Waals surface area (Å²) < 4.78 is 31.6. The smallest absolute Gasteiger partial charge is 0.273 e. The molecule has 106 valence electrons. The molecule has 0 unspecified atom stereocenters. The maximum absolute atomic E-state index is 12.3. The summed E-state index contributed by atoms with van der Waals surface area (Å²) in [5.41, 5.74) is 0.587. The highest BCUT2D eigenvalue weighted by molar-refractivity contribution is 7.94. The van der Waals surface area contributed by atoms with Crippen molar-refractivity contribution in [1.82, 2.24) is 0 Å². The third-order valence-corrected chi connectivity index (χ3v) is 5.84. The molecule has 0 saturated carbocycles. The molecule has 0 bridgehead atoms. The molecule has 0 N–H and O–H groups in total. The van der Waals surface area contributed by atoms with E-state index in [9.17, 15) is 8.42 Å². The van der Waals surface area contributed by atoms with Crippen LogP contribution < -0.4 is 9.04 Å². The van der Waals surface area contributed by atoms with E-state index in [0.29, 0.717) is 22.3 Å². The van der Waals surface area contributed by atoms with Crippen LogP contribution in [0.25, 0.3) is 0 Å². The first-order chi connectivity index (χ1) is 9.55. The Bertz CT molecular complexity index is 661. The molecule has 1 heterocycles. The molecule has 2 aromatic rings. The minimum atomic E-state index is -3.48. The monoisotopic (exact) mass is 309 g/mol. The molecule has 0 amide bonds. The Hall–Kier alpha value is -1.79. The van der Waals surface area contributed by atoms with Crippen LogP contribution in [0.1, 0.15) is 0 Å². The van der Waals surface area contributed by atoms with Gasteiger partial charge >= 0.3 is 0 Å². The van der Waals surface area contributed by atoms with Gasteiger partial charge in [-0.1, -0.05) is 18.7 Å². The normalized spacial score (nSPS) is 11.1. The number of thiophene rings is 1. The summed E-state index contributed by atoms with van der Waals surface area (Å²) in [4.78, 5) is 0. The molecule has 1 aromatic carbocycles. The summed E-state index contributed by atoms with van der Waals surface area (Å²) in [6, 6.07) is 10.2. The lowest BCUT2D eigenvalue weighted by molar-refractivity contribution is 0.363. The van der Waals surface area contributed by atoms with Crippen LogP contribution in [0.2, 0.25) is 0 Å². The third kappa shape index (κ3) is 3.02. The average molecular weight is 309 g/mol. The summed E-state index contributed by atoms with van der Waals surface area (Å²) >= 11 is 1.20. The first-order valence-electron chi connectivity index (χ1n) is 5.92. The maximum atomic E-state index is 12.3. The first-order valence-corrected chi connectivity index (χ1v) is 8.24. The van der Waals surface area contributed by atoms with Gasteiger partial charge in [0.1, 0.15) is 16.6 Å². The molecule has 0 aliphatic carbocycles. The van der Waals surface area contributed by atoms with Crippen molar-refractivity contribution >= 4 is 27.0 Å². The number of ether oxygens (including phenoxy) is 1. The van der Waals surface area contributed by atoms with E-state index in [2.05, 4.69) is 6.58 Å². The Morgan fingerprint density at radius 1 is 1.30 bits per heavy atom. The van der Waals surface area contributed by atoms with Crippen LogP contribution in [0, 0.1) is 0 Å². The number of nitrogens with zero attached hydrogens (tertiary/aromatic N) is 1. The lowest BCUT2D eigenvalue weighted by Crippen LogP contribution is -2.25. The van der Waals surface area contributed by atoms with Crippen LogP contribution in [0.4, 0.5) is 5.69 Å². The number of hydrogen-bond acceptors (Lipinski definition) is 4. The SMILES string of the molecule is C=CCOc1ccc(N(C)S(=O)(=O)c2cccs2)cc1. The highest BCUT2D eigenvalue weighted by Gasteiger charge is 2.22. The fourth-order valence-corrected chi connectivity index (χ4v) is 3.95. The predicted molar refractivity (Wildman–Crippen MR) is 82.0 cm³/mol. The molecule has 0 saturated heterocycles. The van der Waals surface area contributed by atoms with E-state index in [4.69, 9.17) is 4.74 Å². The van der Waals surface area contributed by atoms with E-state index >= 15 is 0 Å². The van der Waals surface area contributed by atoms with Crippen molar-refractivity contribution in [1.29, 1.82) is 0 Å². The molecule has 0 atom stereocenters. The molecular formula is C14H15NO3S2. The third-order valence-electron chi connectivity index (χ3n) is 2.68. The van der Waals surface area contributed by atoms with E-state index in [-0.39, 0.29) is 0 Å². The van der Waals surface area contributed by atoms with Gasteiger partial charge in [-0.15, -0.1) is 11.3 Å². The molecule has 0 aliphatic rings. The molecule has 20 heavy (non-hydrogen) atoms. The van der Waals surface area contributed by atoms with Gasteiger partial charge in [0.15, 0.2) is 0 Å². The summed E-state index contributed by atoms with van der Waals surface area (Å²) in [5.74, 6) is 0.676. The lowest BCUT2D eigenvalue weighted by Gasteiger charge is -2.18. The number of sulfonamides is 1. The van der Waals surface area contributed by atoms with Gasteiger partial charge in [-0.2, -0.15) is 0 Å². The molecule has 0 radical (unpaired) electrons. The van der Waals surface area contributed by atoms with E-state index < -0.39 is 10.0 Å². The molecule has 0 aliphatic heterocycles. The van der Waals surface area contributed by atoms with Gasteiger partial charge in [0.05, 0.1) is 5.69 Å². The lowest BCUT2D eigenvalue weighted by atomic mass is 10.3. The zero-order chi connectivity index (χ0) is 14.6. The van der Waals surface area contributed by atoms with E-state index in [0.717, 1.165) is 0 Å². The summed E-state index contributed by atoms with van der Waals surface area (Å²) in [7, 11) is -1.95. The Balaban J connectivity index is 2.21. The van der Waals surface area contributed by atoms with Gasteiger partial charge in [-0.05, 0) is 35.7 Å². The fourth-order valence-electron chi connectivity index (χ4n) is 1.59. The largest absolute Gasteiger partial charge is 0.490 e. The summed E-state index contributed by atoms with van der Waals surface area (Å²) in [6.07, 6.45) is 1.65. The first kappa shape index (κ1) is 14.6. The van der Waals surface area contributed by atoms with Crippen LogP contribution in [-0.4, -0.2) is 22.1 Å². The zero-order valence-electron chi connectivity index (χ0n) is 11.0. The van der Waals surface area contributed by atoms with E-state index in [1.54, 1.807) is 47.9 Å². The summed E-state index contributed by atoms with van der Waals surface area (Å²) in [5, 5.41) is 1.74. The second-order valence-corrected chi connectivity index (χ2v) is 7.14. The topological polar surface area (TPSA) is 46.6 Å². The Labute approximate surface area is 123 Å². The number of anilines is 1. The van der Waals surface area contributed by atoms with Gasteiger partial charge in [0.2, 0.25) is 0 Å². The van der Waals surface area contributed by atoms with Gasteiger partial charge in [0.25, 0.3) is 10.0 Å². The van der Waals surface area contributed by atoms with Crippen molar-refractivity contribution in [3.05, 3.63) is 54.4 Å². The number of benzene rings is 1. The molecule has 0 fully saturated rings. The van der Waals surface area contributed by atoms with E-state index in [1.165, 1.54) is 22.7 Å². The van der Waals surface area contributed by atoms with Gasteiger partial charge < -0.3 is 4.74 Å². The van der Waals surface area contributed by atoms with E-state index in [1.807, 2.05) is 0 Å². The molecule has 6 heteroatoms.